The van der Waals surface area contributed by atoms with E-state index in [1.54, 1.807) is 0 Å². The Kier molecular flexibility index (Phi) is 14.6. The third-order valence-electron chi connectivity index (χ3n) is 11.1. The van der Waals surface area contributed by atoms with Gasteiger partial charge in [0.05, 0.1) is 45.0 Å². The lowest BCUT2D eigenvalue weighted by Gasteiger charge is -2.46. The minimum absolute atomic E-state index is 0.0100. The molecule has 3 heterocycles. The Balaban J connectivity index is 1.14. The molecule has 6 rings (SSSR count). The molecule has 3 aromatic carbocycles. The lowest BCUT2D eigenvalue weighted by molar-refractivity contribution is -0.385. The number of nitro benzene ring substituents is 3. The molecule has 3 aromatic rings. The number of alkyl carbamates (subject to hydrolysis) is 1. The van der Waals surface area contributed by atoms with Crippen molar-refractivity contribution in [3.05, 3.63) is 130 Å². The molecule has 7 atom stereocenters. The third-order valence-corrected chi connectivity index (χ3v) is 12.6. The number of benzene rings is 3. The highest BCUT2D eigenvalue weighted by Gasteiger charge is 2.60. The zero-order valence-electron chi connectivity index (χ0n) is 34.0. The second-order valence-electron chi connectivity index (χ2n) is 15.3. The molecule has 3 amide bonds. The van der Waals surface area contributed by atoms with Crippen LogP contribution in [0.15, 0.2) is 83.4 Å². The molecule has 3 aliphatic heterocycles. The van der Waals surface area contributed by atoms with Crippen molar-refractivity contribution >= 4 is 52.9 Å². The van der Waals surface area contributed by atoms with Crippen LogP contribution in [-0.4, -0.2) is 101 Å². The third kappa shape index (κ3) is 10.7. The Morgan fingerprint density at radius 3 is 1.79 bits per heavy atom. The predicted octanol–water partition coefficient (Wildman–Crippen LogP) is 5.10. The van der Waals surface area contributed by atoms with Crippen LogP contribution in [-0.2, 0) is 43.6 Å². The summed E-state index contributed by atoms with van der Waals surface area (Å²) in [6.45, 7) is 2.83. The summed E-state index contributed by atoms with van der Waals surface area (Å²) < 4.78 is 16.4. The number of ether oxygens (including phenoxy) is 3. The lowest BCUT2D eigenvalue weighted by Crippen LogP contribution is -2.63. The number of thioether (sulfide) groups is 1. The van der Waals surface area contributed by atoms with Crippen molar-refractivity contribution in [2.24, 2.45) is 11.8 Å². The first-order valence-corrected chi connectivity index (χ1v) is 20.7. The van der Waals surface area contributed by atoms with Crippen molar-refractivity contribution in [2.45, 2.75) is 82.5 Å². The molecule has 63 heavy (non-hydrogen) atoms. The number of aliphatic hydroxyl groups is 2. The van der Waals surface area contributed by atoms with E-state index in [1.807, 2.05) is 6.92 Å². The van der Waals surface area contributed by atoms with E-state index >= 15 is 0 Å². The standard InChI is InChI=1S/C41H44N6O15S/c1-23-35-34(24(2)48)38(50)44(35)36(39(51)60-20-25-5-11-28(12-6-25)45(54)55)37(23)63-31-18-32(43(19-31)41(53)62-22-27-9-15-30(16-10-27)47(58)59)33(49)4-3-17-42-40(52)61-21-26-7-13-29(14-8-26)46(56)57/h5-16,23-24,31-35,48-49H,3-4,17-22H2,1-2H3,(H,42,52)/t23-,24-,31+,32+,33+,34-,35-/m1/s1. The Labute approximate surface area is 363 Å². The largest absolute Gasteiger partial charge is 0.456 e. The molecule has 0 unspecified atom stereocenters. The number of carbonyl (C=O) groups excluding carboxylic acids is 4. The fraction of sp³-hybridized carbons (Fsp3) is 0.415. The van der Waals surface area contributed by atoms with Crippen LogP contribution in [0.4, 0.5) is 26.7 Å². The van der Waals surface area contributed by atoms with Gasteiger partial charge in [-0.15, -0.1) is 11.8 Å². The van der Waals surface area contributed by atoms with E-state index in [0.29, 0.717) is 21.6 Å². The summed E-state index contributed by atoms with van der Waals surface area (Å²) >= 11 is 1.25. The maximum atomic E-state index is 13.8. The zero-order valence-corrected chi connectivity index (χ0v) is 34.8. The maximum Gasteiger partial charge on any atom is 0.410 e. The van der Waals surface area contributed by atoms with E-state index < -0.39 is 80.2 Å². The summed E-state index contributed by atoms with van der Waals surface area (Å²) in [4.78, 5) is 87.9. The second-order valence-corrected chi connectivity index (χ2v) is 16.6. The normalized spacial score (nSPS) is 21.2. The van der Waals surface area contributed by atoms with Gasteiger partial charge < -0.3 is 39.5 Å². The molecule has 22 heteroatoms. The molecular formula is C41H44N6O15S. The van der Waals surface area contributed by atoms with Gasteiger partial charge in [0.1, 0.15) is 25.5 Å². The summed E-state index contributed by atoms with van der Waals surface area (Å²) in [6.07, 6.45) is -3.07. The Morgan fingerprint density at radius 1 is 0.810 bits per heavy atom. The molecule has 3 N–H and O–H groups in total. The number of carbonyl (C=O) groups is 4. The molecule has 2 saturated heterocycles. The number of fused-ring (bicyclic) bond motifs is 1. The molecule has 0 aliphatic carbocycles. The minimum Gasteiger partial charge on any atom is -0.456 e. The minimum atomic E-state index is -1.12. The van der Waals surface area contributed by atoms with E-state index in [9.17, 15) is 59.7 Å². The number of non-ortho nitro benzene ring substituents is 3. The molecule has 0 saturated carbocycles. The van der Waals surface area contributed by atoms with Crippen molar-refractivity contribution in [3.63, 3.8) is 0 Å². The van der Waals surface area contributed by atoms with Gasteiger partial charge >= 0.3 is 18.2 Å². The summed E-state index contributed by atoms with van der Waals surface area (Å²) in [5.74, 6) is -2.50. The van der Waals surface area contributed by atoms with Crippen molar-refractivity contribution in [3.8, 4) is 0 Å². The lowest BCUT2D eigenvalue weighted by atomic mass is 9.79. The van der Waals surface area contributed by atoms with Crippen molar-refractivity contribution < 1.29 is 58.4 Å². The number of β-lactam (4-membered cyclic amide) rings is 1. The molecule has 3 aliphatic rings. The number of amides is 3. The molecular weight excluding hydrogens is 849 g/mol. The van der Waals surface area contributed by atoms with E-state index in [-0.39, 0.29) is 74.9 Å². The van der Waals surface area contributed by atoms with Crippen molar-refractivity contribution in [1.82, 2.24) is 15.1 Å². The fourth-order valence-electron chi connectivity index (χ4n) is 7.82. The van der Waals surface area contributed by atoms with Crippen LogP contribution < -0.4 is 5.32 Å². The predicted molar refractivity (Wildman–Crippen MR) is 221 cm³/mol. The molecule has 0 bridgehead atoms. The van der Waals surface area contributed by atoms with Gasteiger partial charge in [0.2, 0.25) is 5.91 Å². The van der Waals surface area contributed by atoms with Crippen LogP contribution in [0.1, 0.15) is 49.8 Å². The summed E-state index contributed by atoms with van der Waals surface area (Å²) in [5.41, 5.74) is 1.08. The average Bonchev–Trinajstić information content (AvgIpc) is 3.79. The quantitative estimate of drug-likeness (QED) is 0.0374. The number of nitrogens with one attached hydrogen (secondary N) is 1. The van der Waals surface area contributed by atoms with Gasteiger partial charge in [-0.3, -0.25) is 35.1 Å². The number of rotatable bonds is 18. The average molecular weight is 893 g/mol. The van der Waals surface area contributed by atoms with Crippen LogP contribution >= 0.6 is 11.8 Å². The first-order valence-electron chi connectivity index (χ1n) is 19.8. The topological polar surface area (TPSA) is 284 Å². The monoisotopic (exact) mass is 892 g/mol. The van der Waals surface area contributed by atoms with Gasteiger partial charge in [0.25, 0.3) is 17.1 Å². The van der Waals surface area contributed by atoms with E-state index in [2.05, 4.69) is 5.32 Å². The molecule has 0 spiro atoms. The van der Waals surface area contributed by atoms with E-state index in [4.69, 9.17) is 14.2 Å². The highest BCUT2D eigenvalue weighted by Crippen LogP contribution is 2.52. The number of nitro groups is 3. The second kappa shape index (κ2) is 20.0. The van der Waals surface area contributed by atoms with Crippen LogP contribution in [0.5, 0.6) is 0 Å². The van der Waals surface area contributed by atoms with Crippen molar-refractivity contribution in [2.75, 3.05) is 13.1 Å². The van der Waals surface area contributed by atoms with E-state index in [1.165, 1.54) is 101 Å². The fourth-order valence-corrected chi connectivity index (χ4v) is 9.35. The Morgan fingerprint density at radius 2 is 1.30 bits per heavy atom. The van der Waals surface area contributed by atoms with Gasteiger partial charge in [-0.2, -0.15) is 0 Å². The van der Waals surface area contributed by atoms with Crippen LogP contribution in [0, 0.1) is 42.2 Å². The number of esters is 1. The van der Waals surface area contributed by atoms with Crippen molar-refractivity contribution in [1.29, 1.82) is 0 Å². The summed E-state index contributed by atoms with van der Waals surface area (Å²) in [7, 11) is 0. The number of likely N-dealkylation sites (tertiary alicyclic amines) is 1. The van der Waals surface area contributed by atoms with Gasteiger partial charge in [-0.1, -0.05) is 6.92 Å². The molecule has 334 valence electrons. The Hall–Kier alpha value is -6.65. The van der Waals surface area contributed by atoms with Gasteiger partial charge in [0, 0.05) is 65.6 Å². The molecule has 0 aromatic heterocycles. The SMILES string of the molecule is C[C@@H](O)[C@H]1C(=O)N2C(C(=O)OCc3ccc([N+](=O)[O-])cc3)=C(S[C@H]3C[C@@H]([C@@H](O)CCCNC(=O)OCc4ccc([N+](=O)[O-])cc4)N(C(=O)OCc4ccc([N+](=O)[O-])cc4)C3)[C@H](C)[C@H]12. The van der Waals surface area contributed by atoms with Crippen LogP contribution in [0.3, 0.4) is 0 Å². The molecule has 21 nitrogen and oxygen atoms in total. The number of hydrogen-bond donors (Lipinski definition) is 3. The summed E-state index contributed by atoms with van der Waals surface area (Å²) in [6, 6.07) is 15.0. The number of hydrogen-bond acceptors (Lipinski definition) is 16. The highest BCUT2D eigenvalue weighted by molar-refractivity contribution is 8.03. The van der Waals surface area contributed by atoms with Crippen LogP contribution in [0.2, 0.25) is 0 Å². The number of nitrogens with zero attached hydrogens (tertiary/aromatic N) is 5. The zero-order chi connectivity index (χ0) is 45.5. The maximum absolute atomic E-state index is 13.8. The summed E-state index contributed by atoms with van der Waals surface area (Å²) in [5, 5.41) is 57.2. The number of aliphatic hydroxyl groups excluding tert-OH is 2. The van der Waals surface area contributed by atoms with E-state index in [0.717, 1.165) is 0 Å². The van der Waals surface area contributed by atoms with Gasteiger partial charge in [-0.25, -0.2) is 14.4 Å². The van der Waals surface area contributed by atoms with Gasteiger partial charge in [0.15, 0.2) is 0 Å². The smallest absolute Gasteiger partial charge is 0.410 e. The Bertz CT molecular complexity index is 2260. The highest BCUT2D eigenvalue weighted by atomic mass is 32.2. The molecule has 2 fully saturated rings. The van der Waals surface area contributed by atoms with Gasteiger partial charge in [-0.05, 0) is 79.3 Å². The molecule has 0 radical (unpaired) electrons. The van der Waals surface area contributed by atoms with Crippen LogP contribution in [0.25, 0.3) is 0 Å². The first kappa shape index (κ1) is 45.9. The first-order chi connectivity index (χ1) is 30.0.